The molecule has 1 aliphatic rings. The molecule has 17 heavy (non-hydrogen) atoms. The Bertz CT molecular complexity index is 377. The first-order chi connectivity index (χ1) is 8.11. The number of methoxy groups -OCH3 is 1. The van der Waals surface area contributed by atoms with Crippen molar-refractivity contribution >= 4 is 0 Å². The molecule has 0 radical (unpaired) electrons. The fourth-order valence-electron chi connectivity index (χ4n) is 3.10. The van der Waals surface area contributed by atoms with Gasteiger partial charge in [-0.15, -0.1) is 0 Å². The van der Waals surface area contributed by atoms with Crippen molar-refractivity contribution in [1.82, 2.24) is 0 Å². The minimum Gasteiger partial charge on any atom is -0.496 e. The smallest absolute Gasteiger partial charge is 0.124 e. The van der Waals surface area contributed by atoms with Crippen LogP contribution in [0.5, 0.6) is 5.75 Å². The second-order valence-electron chi connectivity index (χ2n) is 5.32. The van der Waals surface area contributed by atoms with E-state index in [0.29, 0.717) is 12.0 Å². The Balaban J connectivity index is 2.16. The van der Waals surface area contributed by atoms with Crippen molar-refractivity contribution < 1.29 is 4.74 Å². The van der Waals surface area contributed by atoms with Gasteiger partial charge in [0.2, 0.25) is 0 Å². The maximum atomic E-state index is 6.13. The van der Waals surface area contributed by atoms with Gasteiger partial charge < -0.3 is 10.5 Å². The molecule has 2 N–H and O–H groups in total. The zero-order valence-electron chi connectivity index (χ0n) is 11.1. The zero-order chi connectivity index (χ0) is 12.4. The highest BCUT2D eigenvalue weighted by atomic mass is 16.5. The summed E-state index contributed by atoms with van der Waals surface area (Å²) in [6.07, 6.45) is 4.89. The molecule has 0 saturated heterocycles. The molecule has 0 aromatic heterocycles. The topological polar surface area (TPSA) is 35.2 Å². The third-order valence-corrected chi connectivity index (χ3v) is 3.94. The van der Waals surface area contributed by atoms with Crippen LogP contribution < -0.4 is 10.5 Å². The molecule has 0 bridgehead atoms. The van der Waals surface area contributed by atoms with Crippen LogP contribution in [0.1, 0.15) is 36.0 Å². The number of rotatable bonds is 3. The highest BCUT2D eigenvalue weighted by molar-refractivity contribution is 5.43. The van der Waals surface area contributed by atoms with Gasteiger partial charge in [0.25, 0.3) is 0 Å². The number of hydrogen-bond acceptors (Lipinski definition) is 2. The van der Waals surface area contributed by atoms with Crippen LogP contribution in [-0.4, -0.2) is 13.2 Å². The third-order valence-electron chi connectivity index (χ3n) is 3.94. The normalized spacial score (nSPS) is 24.0. The SMILES string of the molecule is COc1c(C)cc(CC2CCCC2N)cc1C. The fourth-order valence-corrected chi connectivity index (χ4v) is 3.10. The van der Waals surface area contributed by atoms with E-state index in [1.165, 1.54) is 36.0 Å². The first-order valence-electron chi connectivity index (χ1n) is 6.51. The van der Waals surface area contributed by atoms with E-state index >= 15 is 0 Å². The van der Waals surface area contributed by atoms with Crippen LogP contribution in [0.4, 0.5) is 0 Å². The van der Waals surface area contributed by atoms with Gasteiger partial charge in [-0.3, -0.25) is 0 Å². The average molecular weight is 233 g/mol. The lowest BCUT2D eigenvalue weighted by Crippen LogP contribution is -2.25. The second-order valence-corrected chi connectivity index (χ2v) is 5.32. The molecule has 1 aromatic carbocycles. The summed E-state index contributed by atoms with van der Waals surface area (Å²) in [5.74, 6) is 1.69. The Hall–Kier alpha value is -1.02. The Kier molecular flexibility index (Phi) is 3.72. The van der Waals surface area contributed by atoms with Gasteiger partial charge in [-0.25, -0.2) is 0 Å². The molecule has 94 valence electrons. The summed E-state index contributed by atoms with van der Waals surface area (Å²) in [5, 5.41) is 0. The van der Waals surface area contributed by atoms with Gasteiger partial charge in [0.1, 0.15) is 5.75 Å². The van der Waals surface area contributed by atoms with Gasteiger partial charge in [-0.05, 0) is 55.7 Å². The standard InChI is InChI=1S/C15H23NO/c1-10-7-12(8-11(2)15(10)17-3)9-13-5-4-6-14(13)16/h7-8,13-14H,4-6,9,16H2,1-3H3. The quantitative estimate of drug-likeness (QED) is 0.871. The maximum Gasteiger partial charge on any atom is 0.124 e. The van der Waals surface area contributed by atoms with Gasteiger partial charge in [-0.1, -0.05) is 18.6 Å². The van der Waals surface area contributed by atoms with Crippen molar-refractivity contribution in [2.24, 2.45) is 11.7 Å². The van der Waals surface area contributed by atoms with Gasteiger partial charge in [0.05, 0.1) is 7.11 Å². The molecule has 0 heterocycles. The average Bonchev–Trinajstić information content (AvgIpc) is 2.64. The molecular formula is C15H23NO. The van der Waals surface area contributed by atoms with E-state index in [2.05, 4.69) is 26.0 Å². The number of benzene rings is 1. The monoisotopic (exact) mass is 233 g/mol. The molecule has 0 amide bonds. The van der Waals surface area contributed by atoms with Crippen molar-refractivity contribution in [3.63, 3.8) is 0 Å². The lowest BCUT2D eigenvalue weighted by Gasteiger charge is -2.17. The minimum atomic E-state index is 0.401. The van der Waals surface area contributed by atoms with Crippen molar-refractivity contribution in [1.29, 1.82) is 0 Å². The first-order valence-corrected chi connectivity index (χ1v) is 6.51. The highest BCUT2D eigenvalue weighted by Gasteiger charge is 2.24. The zero-order valence-corrected chi connectivity index (χ0v) is 11.1. The summed E-state index contributed by atoms with van der Waals surface area (Å²) in [6, 6.07) is 4.89. The van der Waals surface area contributed by atoms with E-state index in [1.54, 1.807) is 7.11 Å². The van der Waals surface area contributed by atoms with E-state index in [9.17, 15) is 0 Å². The molecule has 2 rings (SSSR count). The second kappa shape index (κ2) is 5.09. The van der Waals surface area contributed by atoms with Crippen LogP contribution in [-0.2, 0) is 6.42 Å². The van der Waals surface area contributed by atoms with Crippen LogP contribution in [0.25, 0.3) is 0 Å². The van der Waals surface area contributed by atoms with Crippen LogP contribution in [0.2, 0.25) is 0 Å². The summed E-state index contributed by atoms with van der Waals surface area (Å²) in [6.45, 7) is 4.23. The van der Waals surface area contributed by atoms with Gasteiger partial charge >= 0.3 is 0 Å². The Labute approximate surface area is 104 Å². The Morgan fingerprint density at radius 1 is 1.24 bits per heavy atom. The molecule has 1 aliphatic carbocycles. The summed E-state index contributed by atoms with van der Waals surface area (Å²) in [4.78, 5) is 0. The number of ether oxygens (including phenoxy) is 1. The van der Waals surface area contributed by atoms with Crippen LogP contribution in [0, 0.1) is 19.8 Å². The van der Waals surface area contributed by atoms with Crippen molar-refractivity contribution in [3.8, 4) is 5.75 Å². The first kappa shape index (κ1) is 12.4. The Morgan fingerprint density at radius 2 is 1.88 bits per heavy atom. The minimum absolute atomic E-state index is 0.401. The number of aryl methyl sites for hydroxylation is 2. The molecule has 0 spiro atoms. The molecule has 2 unspecified atom stereocenters. The maximum absolute atomic E-state index is 6.13. The molecule has 0 aliphatic heterocycles. The van der Waals surface area contributed by atoms with Crippen LogP contribution in [0.3, 0.4) is 0 Å². The predicted octanol–water partition coefficient (Wildman–Crippen LogP) is 2.98. The van der Waals surface area contributed by atoms with Crippen LogP contribution in [0.15, 0.2) is 12.1 Å². The van der Waals surface area contributed by atoms with Crippen molar-refractivity contribution in [3.05, 3.63) is 28.8 Å². The van der Waals surface area contributed by atoms with E-state index in [-0.39, 0.29) is 0 Å². The van der Waals surface area contributed by atoms with Gasteiger partial charge in [0, 0.05) is 6.04 Å². The number of hydrogen-bond donors (Lipinski definition) is 1. The molecule has 2 heteroatoms. The molecular weight excluding hydrogens is 210 g/mol. The third kappa shape index (κ3) is 2.63. The van der Waals surface area contributed by atoms with Crippen molar-refractivity contribution in [2.75, 3.05) is 7.11 Å². The Morgan fingerprint density at radius 3 is 2.35 bits per heavy atom. The van der Waals surface area contributed by atoms with Gasteiger partial charge in [-0.2, -0.15) is 0 Å². The van der Waals surface area contributed by atoms with E-state index < -0.39 is 0 Å². The molecule has 1 saturated carbocycles. The lowest BCUT2D eigenvalue weighted by atomic mass is 9.93. The lowest BCUT2D eigenvalue weighted by molar-refractivity contribution is 0.408. The molecule has 2 nitrogen and oxygen atoms in total. The summed E-state index contributed by atoms with van der Waals surface area (Å²) < 4.78 is 5.40. The van der Waals surface area contributed by atoms with E-state index in [0.717, 1.165) is 12.2 Å². The summed E-state index contributed by atoms with van der Waals surface area (Å²) >= 11 is 0. The molecule has 2 atom stereocenters. The largest absolute Gasteiger partial charge is 0.496 e. The van der Waals surface area contributed by atoms with Crippen molar-refractivity contribution in [2.45, 2.75) is 45.6 Å². The molecule has 1 aromatic rings. The highest BCUT2D eigenvalue weighted by Crippen LogP contribution is 2.30. The van der Waals surface area contributed by atoms with Crippen LogP contribution >= 0.6 is 0 Å². The number of nitrogens with two attached hydrogens (primary N) is 1. The fraction of sp³-hybridized carbons (Fsp3) is 0.600. The predicted molar refractivity (Wildman–Crippen MR) is 71.5 cm³/mol. The summed E-state index contributed by atoms with van der Waals surface area (Å²) in [5.41, 5.74) is 10.0. The summed E-state index contributed by atoms with van der Waals surface area (Å²) in [7, 11) is 1.74. The van der Waals surface area contributed by atoms with Gasteiger partial charge in [0.15, 0.2) is 0 Å². The van der Waals surface area contributed by atoms with E-state index in [1.807, 2.05) is 0 Å². The molecule has 1 fully saturated rings. The van der Waals surface area contributed by atoms with E-state index in [4.69, 9.17) is 10.5 Å².